The molecule has 2 rings (SSSR count). The van der Waals surface area contributed by atoms with Gasteiger partial charge in [-0.05, 0) is 25.0 Å². The maximum Gasteiger partial charge on any atom is 0.125 e. The van der Waals surface area contributed by atoms with Gasteiger partial charge in [0.25, 0.3) is 0 Å². The third-order valence-electron chi connectivity index (χ3n) is 2.99. The van der Waals surface area contributed by atoms with E-state index in [1.807, 2.05) is 7.05 Å². The number of rotatable bonds is 2. The van der Waals surface area contributed by atoms with Crippen LogP contribution in [-0.4, -0.2) is 9.78 Å². The molecule has 2 aromatic rings. The predicted molar refractivity (Wildman–Crippen MR) is 74.9 cm³/mol. The number of benzene rings is 1. The zero-order valence-corrected chi connectivity index (χ0v) is 11.9. The summed E-state index contributed by atoms with van der Waals surface area (Å²) in [5, 5.41) is 4.49. The number of anilines is 1. The van der Waals surface area contributed by atoms with Crippen molar-refractivity contribution in [3.8, 4) is 11.3 Å². The van der Waals surface area contributed by atoms with E-state index >= 15 is 0 Å². The second-order valence-corrected chi connectivity index (χ2v) is 5.01. The van der Waals surface area contributed by atoms with Crippen molar-refractivity contribution in [2.45, 2.75) is 20.3 Å². The molecule has 0 bridgehead atoms. The first kappa shape index (κ1) is 12.2. The van der Waals surface area contributed by atoms with E-state index in [4.69, 9.17) is 5.73 Å². The molecule has 0 aliphatic heterocycles. The number of halogens is 1. The Hall–Kier alpha value is -1.29. The predicted octanol–water partition coefficient (Wildman–Crippen LogP) is 3.30. The molecule has 0 radical (unpaired) electrons. The molecule has 0 unspecified atom stereocenters. The Balaban J connectivity index is 2.60. The highest BCUT2D eigenvalue weighted by Gasteiger charge is 2.14. The fourth-order valence-electron chi connectivity index (χ4n) is 1.90. The molecule has 2 N–H and O–H groups in total. The van der Waals surface area contributed by atoms with Gasteiger partial charge in [-0.25, -0.2) is 0 Å². The Labute approximate surface area is 110 Å². The monoisotopic (exact) mass is 293 g/mol. The number of nitrogens with two attached hydrogens (primary N) is 1. The first-order chi connectivity index (χ1) is 8.04. The van der Waals surface area contributed by atoms with Crippen molar-refractivity contribution in [1.29, 1.82) is 0 Å². The molecule has 17 heavy (non-hydrogen) atoms. The highest BCUT2D eigenvalue weighted by molar-refractivity contribution is 9.10. The molecule has 3 nitrogen and oxygen atoms in total. The highest BCUT2D eigenvalue weighted by atomic mass is 79.9. The lowest BCUT2D eigenvalue weighted by molar-refractivity contribution is 0.781. The molecule has 0 aliphatic rings. The van der Waals surface area contributed by atoms with Gasteiger partial charge in [-0.3, -0.25) is 4.68 Å². The lowest BCUT2D eigenvalue weighted by Crippen LogP contribution is -1.98. The molecule has 1 heterocycles. The summed E-state index contributed by atoms with van der Waals surface area (Å²) in [5.41, 5.74) is 10.4. The minimum Gasteiger partial charge on any atom is -0.384 e. The number of aromatic nitrogens is 2. The topological polar surface area (TPSA) is 43.8 Å². The van der Waals surface area contributed by atoms with Gasteiger partial charge in [-0.2, -0.15) is 5.10 Å². The second-order valence-electron chi connectivity index (χ2n) is 4.15. The molecule has 0 atom stereocenters. The van der Waals surface area contributed by atoms with Crippen molar-refractivity contribution in [2.75, 3.05) is 5.73 Å². The van der Waals surface area contributed by atoms with Gasteiger partial charge in [0.2, 0.25) is 0 Å². The van der Waals surface area contributed by atoms with Gasteiger partial charge in [0, 0.05) is 22.6 Å². The standard InChI is InChI=1S/C13H16BrN3/c1-4-10-12(16-17(3)13(10)15)9-6-5-8(2)11(14)7-9/h5-7H,4,15H2,1-3H3. The molecule has 0 fully saturated rings. The van der Waals surface area contributed by atoms with Crippen LogP contribution in [0.2, 0.25) is 0 Å². The van der Waals surface area contributed by atoms with Crippen molar-refractivity contribution in [2.24, 2.45) is 7.05 Å². The Kier molecular flexibility index (Phi) is 3.24. The van der Waals surface area contributed by atoms with Crippen LogP contribution in [0.5, 0.6) is 0 Å². The average molecular weight is 294 g/mol. The van der Waals surface area contributed by atoms with Crippen LogP contribution >= 0.6 is 15.9 Å². The average Bonchev–Trinajstić information content (AvgIpc) is 2.59. The largest absolute Gasteiger partial charge is 0.384 e. The van der Waals surface area contributed by atoms with Gasteiger partial charge in [0.05, 0.1) is 5.69 Å². The third-order valence-corrected chi connectivity index (χ3v) is 3.85. The molecule has 0 aliphatic carbocycles. The van der Waals surface area contributed by atoms with Crippen LogP contribution < -0.4 is 5.73 Å². The van der Waals surface area contributed by atoms with Gasteiger partial charge in [-0.1, -0.05) is 35.0 Å². The molecule has 1 aromatic carbocycles. The van der Waals surface area contributed by atoms with Gasteiger partial charge in [-0.15, -0.1) is 0 Å². The van der Waals surface area contributed by atoms with E-state index in [2.05, 4.69) is 53.1 Å². The summed E-state index contributed by atoms with van der Waals surface area (Å²) < 4.78 is 2.84. The first-order valence-corrected chi connectivity index (χ1v) is 6.41. The minimum absolute atomic E-state index is 0.749. The van der Waals surface area contributed by atoms with Gasteiger partial charge in [0.1, 0.15) is 5.82 Å². The lowest BCUT2D eigenvalue weighted by atomic mass is 10.0. The van der Waals surface area contributed by atoms with Crippen LogP contribution in [-0.2, 0) is 13.5 Å². The molecule has 0 saturated heterocycles. The van der Waals surface area contributed by atoms with E-state index in [-0.39, 0.29) is 0 Å². The van der Waals surface area contributed by atoms with E-state index in [1.165, 1.54) is 5.56 Å². The fraction of sp³-hybridized carbons (Fsp3) is 0.308. The van der Waals surface area contributed by atoms with E-state index in [0.29, 0.717) is 0 Å². The summed E-state index contributed by atoms with van der Waals surface area (Å²) in [6, 6.07) is 6.26. The maximum atomic E-state index is 6.01. The molecule has 4 heteroatoms. The summed E-state index contributed by atoms with van der Waals surface area (Å²) in [6.45, 7) is 4.17. The number of nitrogen functional groups attached to an aromatic ring is 1. The maximum absolute atomic E-state index is 6.01. The molecular weight excluding hydrogens is 278 g/mol. The van der Waals surface area contributed by atoms with Crippen molar-refractivity contribution < 1.29 is 0 Å². The normalized spacial score (nSPS) is 10.8. The van der Waals surface area contributed by atoms with Crippen LogP contribution in [0.1, 0.15) is 18.1 Å². The Morgan fingerprint density at radius 1 is 1.41 bits per heavy atom. The van der Waals surface area contributed by atoms with Gasteiger partial charge in [0.15, 0.2) is 0 Å². The van der Waals surface area contributed by atoms with Crippen LogP contribution in [0.3, 0.4) is 0 Å². The van der Waals surface area contributed by atoms with Gasteiger partial charge >= 0.3 is 0 Å². The summed E-state index contributed by atoms with van der Waals surface area (Å²) in [7, 11) is 1.88. The van der Waals surface area contributed by atoms with Crippen LogP contribution in [0.4, 0.5) is 5.82 Å². The highest BCUT2D eigenvalue weighted by Crippen LogP contribution is 2.30. The number of nitrogens with zero attached hydrogens (tertiary/aromatic N) is 2. The van der Waals surface area contributed by atoms with E-state index in [9.17, 15) is 0 Å². The number of hydrogen-bond acceptors (Lipinski definition) is 2. The Morgan fingerprint density at radius 3 is 2.71 bits per heavy atom. The SMILES string of the molecule is CCc1c(-c2ccc(C)c(Br)c2)nn(C)c1N. The molecule has 90 valence electrons. The van der Waals surface area contributed by atoms with E-state index < -0.39 is 0 Å². The minimum atomic E-state index is 0.749. The summed E-state index contributed by atoms with van der Waals surface area (Å²) in [4.78, 5) is 0. The zero-order valence-electron chi connectivity index (χ0n) is 10.3. The Morgan fingerprint density at radius 2 is 2.12 bits per heavy atom. The molecule has 0 saturated carbocycles. The van der Waals surface area contributed by atoms with E-state index in [0.717, 1.165) is 33.5 Å². The summed E-state index contributed by atoms with van der Waals surface area (Å²) in [5.74, 6) is 0.749. The van der Waals surface area contributed by atoms with Crippen molar-refractivity contribution in [3.05, 3.63) is 33.8 Å². The quantitative estimate of drug-likeness (QED) is 0.923. The lowest BCUT2D eigenvalue weighted by Gasteiger charge is -2.03. The van der Waals surface area contributed by atoms with Crippen molar-refractivity contribution in [1.82, 2.24) is 9.78 Å². The first-order valence-electron chi connectivity index (χ1n) is 5.62. The van der Waals surface area contributed by atoms with Crippen molar-refractivity contribution >= 4 is 21.7 Å². The van der Waals surface area contributed by atoms with Crippen LogP contribution in [0, 0.1) is 6.92 Å². The smallest absolute Gasteiger partial charge is 0.125 e. The number of hydrogen-bond donors (Lipinski definition) is 1. The van der Waals surface area contributed by atoms with E-state index in [1.54, 1.807) is 4.68 Å². The van der Waals surface area contributed by atoms with Crippen LogP contribution in [0.15, 0.2) is 22.7 Å². The van der Waals surface area contributed by atoms with Crippen molar-refractivity contribution in [3.63, 3.8) is 0 Å². The Bertz CT molecular complexity index is 558. The molecule has 0 amide bonds. The molecule has 0 spiro atoms. The summed E-state index contributed by atoms with van der Waals surface area (Å²) in [6.07, 6.45) is 0.889. The second kappa shape index (κ2) is 4.53. The molecule has 1 aromatic heterocycles. The zero-order chi connectivity index (χ0) is 12.6. The fourth-order valence-corrected chi connectivity index (χ4v) is 2.28. The van der Waals surface area contributed by atoms with Gasteiger partial charge < -0.3 is 5.73 Å². The number of aryl methyl sites for hydroxylation is 2. The third kappa shape index (κ3) is 2.09. The molecular formula is C13H16BrN3. The van der Waals surface area contributed by atoms with Crippen LogP contribution in [0.25, 0.3) is 11.3 Å². The summed E-state index contributed by atoms with van der Waals surface area (Å²) >= 11 is 3.55.